The summed E-state index contributed by atoms with van der Waals surface area (Å²) < 4.78 is 16.0. The van der Waals surface area contributed by atoms with E-state index in [4.69, 9.17) is 14.2 Å². The Bertz CT molecular complexity index is 672. The Hall–Kier alpha value is -2.76. The van der Waals surface area contributed by atoms with E-state index >= 15 is 0 Å². The van der Waals surface area contributed by atoms with Gasteiger partial charge in [0.2, 0.25) is 0 Å². The van der Waals surface area contributed by atoms with Crippen LogP contribution in [0.4, 0.5) is 5.69 Å². The normalized spacial score (nSPS) is 10.2. The number of aryl methyl sites for hydroxylation is 1. The molecule has 0 heterocycles. The van der Waals surface area contributed by atoms with Gasteiger partial charge in [-0.25, -0.2) is 0 Å². The molecular formula is C17H19NO5. The molecule has 0 bridgehead atoms. The zero-order valence-corrected chi connectivity index (χ0v) is 13.2. The molecule has 0 saturated heterocycles. The second kappa shape index (κ2) is 8.03. The van der Waals surface area contributed by atoms with E-state index in [1.54, 1.807) is 6.07 Å². The highest BCUT2D eigenvalue weighted by Gasteiger charge is 2.16. The van der Waals surface area contributed by atoms with Crippen LogP contribution in [0.15, 0.2) is 42.5 Å². The fourth-order valence-electron chi connectivity index (χ4n) is 2.06. The lowest BCUT2D eigenvalue weighted by atomic mass is 10.2. The molecule has 0 saturated carbocycles. The van der Waals surface area contributed by atoms with E-state index in [9.17, 15) is 10.1 Å². The lowest BCUT2D eigenvalue weighted by Crippen LogP contribution is -2.10. The van der Waals surface area contributed by atoms with Gasteiger partial charge in [0.25, 0.3) is 0 Å². The van der Waals surface area contributed by atoms with Crippen molar-refractivity contribution < 1.29 is 19.1 Å². The third-order valence-corrected chi connectivity index (χ3v) is 3.28. The Morgan fingerprint density at radius 1 is 1.04 bits per heavy atom. The van der Waals surface area contributed by atoms with Crippen molar-refractivity contribution >= 4 is 5.69 Å². The smallest absolute Gasteiger partial charge is 0.314 e. The van der Waals surface area contributed by atoms with Gasteiger partial charge in [-0.3, -0.25) is 10.1 Å². The molecule has 0 spiro atoms. The zero-order chi connectivity index (χ0) is 16.7. The molecule has 0 N–H and O–H groups in total. The number of hydrogen-bond donors (Lipinski definition) is 0. The first-order valence-corrected chi connectivity index (χ1v) is 7.31. The summed E-state index contributed by atoms with van der Waals surface area (Å²) in [5, 5.41) is 11.1. The van der Waals surface area contributed by atoms with Gasteiger partial charge in [-0.2, -0.15) is 0 Å². The van der Waals surface area contributed by atoms with Crippen molar-refractivity contribution in [1.82, 2.24) is 0 Å². The lowest BCUT2D eigenvalue weighted by Gasteiger charge is -2.10. The van der Waals surface area contributed by atoms with E-state index in [1.165, 1.54) is 24.8 Å². The van der Waals surface area contributed by atoms with Crippen molar-refractivity contribution in [2.75, 3.05) is 20.3 Å². The fraction of sp³-hybridized carbons (Fsp3) is 0.294. The summed E-state index contributed by atoms with van der Waals surface area (Å²) >= 11 is 0. The van der Waals surface area contributed by atoms with Gasteiger partial charge in [0.1, 0.15) is 24.7 Å². The standard InChI is InChI=1S/C17H19NO5/c1-3-13-5-4-6-15(11-13)22-9-10-23-17-8-7-14(21-2)12-16(17)18(19)20/h4-8,11-12H,3,9-10H2,1-2H3. The number of nitrogens with zero attached hydrogens (tertiary/aromatic N) is 1. The molecule has 0 aromatic heterocycles. The molecule has 0 radical (unpaired) electrons. The summed E-state index contributed by atoms with van der Waals surface area (Å²) in [5.41, 5.74) is 1.06. The number of nitro groups is 1. The van der Waals surface area contributed by atoms with Crippen LogP contribution in [0.3, 0.4) is 0 Å². The Labute approximate surface area is 134 Å². The molecule has 0 fully saturated rings. The second-order valence-electron chi connectivity index (χ2n) is 4.79. The summed E-state index contributed by atoms with van der Waals surface area (Å²) in [5.74, 6) is 1.37. The topological polar surface area (TPSA) is 70.8 Å². The maximum Gasteiger partial charge on any atom is 0.314 e. The van der Waals surface area contributed by atoms with Crippen molar-refractivity contribution in [1.29, 1.82) is 0 Å². The van der Waals surface area contributed by atoms with Crippen LogP contribution in [0.1, 0.15) is 12.5 Å². The summed E-state index contributed by atoms with van der Waals surface area (Å²) in [6.07, 6.45) is 0.936. The summed E-state index contributed by atoms with van der Waals surface area (Å²) in [7, 11) is 1.46. The minimum atomic E-state index is -0.497. The van der Waals surface area contributed by atoms with Crippen molar-refractivity contribution in [2.24, 2.45) is 0 Å². The Morgan fingerprint density at radius 2 is 1.83 bits per heavy atom. The van der Waals surface area contributed by atoms with E-state index in [1.807, 2.05) is 24.3 Å². The van der Waals surface area contributed by atoms with Gasteiger partial charge in [0, 0.05) is 0 Å². The number of methoxy groups -OCH3 is 1. The zero-order valence-electron chi connectivity index (χ0n) is 13.2. The lowest BCUT2D eigenvalue weighted by molar-refractivity contribution is -0.385. The summed E-state index contributed by atoms with van der Waals surface area (Å²) in [4.78, 5) is 10.6. The van der Waals surface area contributed by atoms with Gasteiger partial charge in [-0.05, 0) is 36.2 Å². The average molecular weight is 317 g/mol. The molecule has 122 valence electrons. The molecular weight excluding hydrogens is 298 g/mol. The molecule has 0 aliphatic carbocycles. The van der Waals surface area contributed by atoms with Crippen molar-refractivity contribution in [3.05, 3.63) is 58.1 Å². The Balaban J connectivity index is 1.92. The molecule has 0 amide bonds. The minimum Gasteiger partial charge on any atom is -0.496 e. The molecule has 2 aromatic rings. The number of benzene rings is 2. The highest BCUT2D eigenvalue weighted by atomic mass is 16.6. The monoisotopic (exact) mass is 317 g/mol. The van der Waals surface area contributed by atoms with E-state index < -0.39 is 4.92 Å². The van der Waals surface area contributed by atoms with Gasteiger partial charge in [0.05, 0.1) is 18.1 Å². The van der Waals surface area contributed by atoms with Gasteiger partial charge in [-0.1, -0.05) is 19.1 Å². The van der Waals surface area contributed by atoms with Crippen LogP contribution in [0.2, 0.25) is 0 Å². The van der Waals surface area contributed by atoms with E-state index in [2.05, 4.69) is 6.92 Å². The predicted molar refractivity (Wildman–Crippen MR) is 86.5 cm³/mol. The molecule has 6 heteroatoms. The molecule has 0 aliphatic heterocycles. The van der Waals surface area contributed by atoms with E-state index in [0.717, 1.165) is 12.2 Å². The second-order valence-corrected chi connectivity index (χ2v) is 4.79. The van der Waals surface area contributed by atoms with Gasteiger partial charge in [0.15, 0.2) is 5.75 Å². The van der Waals surface area contributed by atoms with Gasteiger partial charge < -0.3 is 14.2 Å². The third kappa shape index (κ3) is 4.60. The maximum absolute atomic E-state index is 11.1. The van der Waals surface area contributed by atoms with E-state index in [0.29, 0.717) is 12.4 Å². The van der Waals surface area contributed by atoms with Crippen molar-refractivity contribution in [2.45, 2.75) is 13.3 Å². The molecule has 2 aromatic carbocycles. The van der Waals surface area contributed by atoms with Crippen LogP contribution < -0.4 is 14.2 Å². The molecule has 6 nitrogen and oxygen atoms in total. The Morgan fingerprint density at radius 3 is 2.52 bits per heavy atom. The average Bonchev–Trinajstić information content (AvgIpc) is 2.58. The number of ether oxygens (including phenoxy) is 3. The summed E-state index contributed by atoms with van der Waals surface area (Å²) in [6, 6.07) is 12.3. The fourth-order valence-corrected chi connectivity index (χ4v) is 2.06. The summed E-state index contributed by atoms with van der Waals surface area (Å²) in [6.45, 7) is 2.59. The quantitative estimate of drug-likeness (QED) is 0.422. The predicted octanol–water partition coefficient (Wildman–Crippen LogP) is 3.62. The highest BCUT2D eigenvalue weighted by Crippen LogP contribution is 2.30. The Kier molecular flexibility index (Phi) is 5.80. The van der Waals surface area contributed by atoms with Crippen LogP contribution in [0, 0.1) is 10.1 Å². The molecule has 0 atom stereocenters. The molecule has 0 aliphatic rings. The van der Waals surface area contributed by atoms with Gasteiger partial charge in [-0.15, -0.1) is 0 Å². The largest absolute Gasteiger partial charge is 0.496 e. The third-order valence-electron chi connectivity index (χ3n) is 3.28. The maximum atomic E-state index is 11.1. The SMILES string of the molecule is CCc1cccc(OCCOc2ccc(OC)cc2[N+](=O)[O-])c1. The van der Waals surface area contributed by atoms with Crippen LogP contribution >= 0.6 is 0 Å². The first-order valence-electron chi connectivity index (χ1n) is 7.31. The first-order chi connectivity index (χ1) is 11.1. The minimum absolute atomic E-state index is 0.127. The van der Waals surface area contributed by atoms with Crippen LogP contribution in [-0.4, -0.2) is 25.2 Å². The number of rotatable bonds is 8. The number of hydrogen-bond acceptors (Lipinski definition) is 5. The van der Waals surface area contributed by atoms with Gasteiger partial charge >= 0.3 is 5.69 Å². The van der Waals surface area contributed by atoms with Crippen LogP contribution in [0.25, 0.3) is 0 Å². The van der Waals surface area contributed by atoms with E-state index in [-0.39, 0.29) is 18.0 Å². The van der Waals surface area contributed by atoms with Crippen LogP contribution in [0.5, 0.6) is 17.2 Å². The highest BCUT2D eigenvalue weighted by molar-refractivity contribution is 5.50. The van der Waals surface area contributed by atoms with Crippen molar-refractivity contribution in [3.63, 3.8) is 0 Å². The first kappa shape index (κ1) is 16.6. The van der Waals surface area contributed by atoms with Crippen molar-refractivity contribution in [3.8, 4) is 17.2 Å². The molecule has 23 heavy (non-hydrogen) atoms. The number of nitro benzene ring substituents is 1. The molecule has 0 unspecified atom stereocenters. The molecule has 2 rings (SSSR count). The van der Waals surface area contributed by atoms with Crippen LogP contribution in [-0.2, 0) is 6.42 Å².